The lowest BCUT2D eigenvalue weighted by Gasteiger charge is -2.09. The van der Waals surface area contributed by atoms with Crippen molar-refractivity contribution in [3.05, 3.63) is 35.4 Å². The molecule has 2 N–H and O–H groups in total. The van der Waals surface area contributed by atoms with Crippen molar-refractivity contribution in [2.24, 2.45) is 5.92 Å². The molecule has 1 atom stereocenters. The number of rotatable bonds is 5. The zero-order chi connectivity index (χ0) is 13.7. The van der Waals surface area contributed by atoms with Gasteiger partial charge in [0, 0.05) is 13.0 Å². The first-order valence-corrected chi connectivity index (χ1v) is 6.56. The summed E-state index contributed by atoms with van der Waals surface area (Å²) in [6, 6.07) is 3.81. The molecule has 104 valence electrons. The monoisotopic (exact) mass is 268 g/mol. The van der Waals surface area contributed by atoms with Gasteiger partial charge in [-0.2, -0.15) is 0 Å². The molecule has 0 aliphatic carbocycles. The number of nitrogens with one attached hydrogen (secondary N) is 2. The van der Waals surface area contributed by atoms with Crippen molar-refractivity contribution >= 4 is 5.91 Å². The zero-order valence-electron chi connectivity index (χ0n) is 10.7. The fourth-order valence-corrected chi connectivity index (χ4v) is 2.26. The standard InChI is InChI=1S/C14H18F2N2O/c15-12-2-1-10(7-13(12)16)4-6-18-14(19)8-11-3-5-17-9-11/h1-2,7,11,17H,3-6,8-9H2,(H,18,19). The maximum Gasteiger partial charge on any atom is 0.220 e. The molecule has 3 nitrogen and oxygen atoms in total. The molecular weight excluding hydrogens is 250 g/mol. The lowest BCUT2D eigenvalue weighted by Crippen LogP contribution is -2.28. The highest BCUT2D eigenvalue weighted by Crippen LogP contribution is 2.12. The minimum atomic E-state index is -0.846. The van der Waals surface area contributed by atoms with Crippen LogP contribution < -0.4 is 10.6 Å². The largest absolute Gasteiger partial charge is 0.356 e. The van der Waals surface area contributed by atoms with Gasteiger partial charge in [0.2, 0.25) is 5.91 Å². The average Bonchev–Trinajstić information content (AvgIpc) is 2.86. The Morgan fingerprint density at radius 2 is 2.21 bits per heavy atom. The van der Waals surface area contributed by atoms with Crippen molar-refractivity contribution in [2.45, 2.75) is 19.3 Å². The van der Waals surface area contributed by atoms with E-state index in [0.29, 0.717) is 30.9 Å². The van der Waals surface area contributed by atoms with Gasteiger partial charge in [0.05, 0.1) is 0 Å². The van der Waals surface area contributed by atoms with Gasteiger partial charge < -0.3 is 10.6 Å². The third kappa shape index (κ3) is 4.28. The lowest BCUT2D eigenvalue weighted by atomic mass is 10.0. The van der Waals surface area contributed by atoms with E-state index in [0.717, 1.165) is 25.6 Å². The molecule has 1 aliphatic heterocycles. The number of halogens is 2. The molecule has 1 heterocycles. The van der Waals surface area contributed by atoms with Crippen molar-refractivity contribution in [1.29, 1.82) is 0 Å². The van der Waals surface area contributed by atoms with E-state index in [1.54, 1.807) is 0 Å². The van der Waals surface area contributed by atoms with Crippen LogP contribution in [0.25, 0.3) is 0 Å². The summed E-state index contributed by atoms with van der Waals surface area (Å²) >= 11 is 0. The second-order valence-corrected chi connectivity index (χ2v) is 4.91. The van der Waals surface area contributed by atoms with E-state index in [4.69, 9.17) is 0 Å². The summed E-state index contributed by atoms with van der Waals surface area (Å²) in [7, 11) is 0. The highest BCUT2D eigenvalue weighted by molar-refractivity contribution is 5.76. The Labute approximate surface area is 111 Å². The summed E-state index contributed by atoms with van der Waals surface area (Å²) in [4.78, 5) is 11.6. The van der Waals surface area contributed by atoms with Crippen LogP contribution in [0.4, 0.5) is 8.78 Å². The fourth-order valence-electron chi connectivity index (χ4n) is 2.26. The van der Waals surface area contributed by atoms with Crippen LogP contribution in [0, 0.1) is 17.6 Å². The predicted octanol–water partition coefficient (Wildman–Crippen LogP) is 1.62. The lowest BCUT2D eigenvalue weighted by molar-refractivity contribution is -0.121. The molecule has 0 spiro atoms. The van der Waals surface area contributed by atoms with Crippen molar-refractivity contribution in [3.63, 3.8) is 0 Å². The van der Waals surface area contributed by atoms with Gasteiger partial charge in [-0.3, -0.25) is 4.79 Å². The smallest absolute Gasteiger partial charge is 0.220 e. The van der Waals surface area contributed by atoms with Crippen LogP contribution in [-0.4, -0.2) is 25.5 Å². The summed E-state index contributed by atoms with van der Waals surface area (Å²) in [6.07, 6.45) is 2.08. The molecule has 5 heteroatoms. The maximum absolute atomic E-state index is 13.0. The van der Waals surface area contributed by atoms with Crippen LogP contribution in [0.3, 0.4) is 0 Å². The van der Waals surface area contributed by atoms with E-state index in [9.17, 15) is 13.6 Å². The first-order chi connectivity index (χ1) is 9.15. The third-order valence-electron chi connectivity index (χ3n) is 3.36. The molecule has 1 amide bonds. The number of benzene rings is 1. The van der Waals surface area contributed by atoms with Crippen LogP contribution in [-0.2, 0) is 11.2 Å². The molecule has 1 aliphatic rings. The Morgan fingerprint density at radius 3 is 2.89 bits per heavy atom. The normalized spacial score (nSPS) is 18.5. The second-order valence-electron chi connectivity index (χ2n) is 4.91. The van der Waals surface area contributed by atoms with Gasteiger partial charge in [-0.25, -0.2) is 8.78 Å². The number of hydrogen-bond donors (Lipinski definition) is 2. The maximum atomic E-state index is 13.0. The highest BCUT2D eigenvalue weighted by Gasteiger charge is 2.17. The Morgan fingerprint density at radius 1 is 1.37 bits per heavy atom. The number of amides is 1. The first-order valence-electron chi connectivity index (χ1n) is 6.56. The Balaban J connectivity index is 1.70. The van der Waals surface area contributed by atoms with Crippen molar-refractivity contribution < 1.29 is 13.6 Å². The quantitative estimate of drug-likeness (QED) is 0.852. The Bertz CT molecular complexity index is 445. The van der Waals surface area contributed by atoms with Crippen LogP contribution in [0.5, 0.6) is 0 Å². The van der Waals surface area contributed by atoms with E-state index in [1.807, 2.05) is 0 Å². The van der Waals surface area contributed by atoms with Gasteiger partial charge in [0.1, 0.15) is 0 Å². The topological polar surface area (TPSA) is 41.1 Å². The molecule has 19 heavy (non-hydrogen) atoms. The molecule has 0 bridgehead atoms. The van der Waals surface area contributed by atoms with E-state index in [1.165, 1.54) is 12.1 Å². The summed E-state index contributed by atoms with van der Waals surface area (Å²) in [5, 5.41) is 6.02. The van der Waals surface area contributed by atoms with Gasteiger partial charge in [-0.05, 0) is 49.5 Å². The molecule has 1 fully saturated rings. The van der Waals surface area contributed by atoms with Gasteiger partial charge in [-0.15, -0.1) is 0 Å². The first kappa shape index (κ1) is 13.9. The van der Waals surface area contributed by atoms with Crippen LogP contribution >= 0.6 is 0 Å². The minimum Gasteiger partial charge on any atom is -0.356 e. The molecule has 1 saturated heterocycles. The van der Waals surface area contributed by atoms with Crippen molar-refractivity contribution in [3.8, 4) is 0 Å². The van der Waals surface area contributed by atoms with E-state index >= 15 is 0 Å². The van der Waals surface area contributed by atoms with Crippen LogP contribution in [0.1, 0.15) is 18.4 Å². The molecule has 1 aromatic rings. The number of carbonyl (C=O) groups is 1. The van der Waals surface area contributed by atoms with E-state index in [2.05, 4.69) is 10.6 Å². The molecule has 0 saturated carbocycles. The van der Waals surface area contributed by atoms with Gasteiger partial charge >= 0.3 is 0 Å². The molecule has 1 unspecified atom stereocenters. The fraction of sp³-hybridized carbons (Fsp3) is 0.500. The van der Waals surface area contributed by atoms with Gasteiger partial charge in [0.15, 0.2) is 11.6 Å². The summed E-state index contributed by atoms with van der Waals surface area (Å²) < 4.78 is 25.7. The molecule has 0 radical (unpaired) electrons. The molecule has 1 aromatic carbocycles. The van der Waals surface area contributed by atoms with Crippen LogP contribution in [0.15, 0.2) is 18.2 Å². The highest BCUT2D eigenvalue weighted by atomic mass is 19.2. The van der Waals surface area contributed by atoms with Gasteiger partial charge in [-0.1, -0.05) is 6.07 Å². The Hall–Kier alpha value is -1.49. The molecular formula is C14H18F2N2O. The summed E-state index contributed by atoms with van der Waals surface area (Å²) in [5.41, 5.74) is 0.682. The van der Waals surface area contributed by atoms with E-state index in [-0.39, 0.29) is 5.91 Å². The van der Waals surface area contributed by atoms with Crippen molar-refractivity contribution in [2.75, 3.05) is 19.6 Å². The average molecular weight is 268 g/mol. The second kappa shape index (κ2) is 6.61. The SMILES string of the molecule is O=C(CC1CCNC1)NCCc1ccc(F)c(F)c1. The van der Waals surface area contributed by atoms with Crippen molar-refractivity contribution in [1.82, 2.24) is 10.6 Å². The zero-order valence-corrected chi connectivity index (χ0v) is 10.7. The molecule has 2 rings (SSSR count). The molecule has 0 aromatic heterocycles. The Kier molecular flexibility index (Phi) is 4.85. The summed E-state index contributed by atoms with van der Waals surface area (Å²) in [5.74, 6) is -1.25. The van der Waals surface area contributed by atoms with Crippen LogP contribution in [0.2, 0.25) is 0 Å². The predicted molar refractivity (Wildman–Crippen MR) is 68.7 cm³/mol. The number of carbonyl (C=O) groups excluding carboxylic acids is 1. The summed E-state index contributed by atoms with van der Waals surface area (Å²) in [6.45, 7) is 2.33. The number of hydrogen-bond acceptors (Lipinski definition) is 2. The van der Waals surface area contributed by atoms with Gasteiger partial charge in [0.25, 0.3) is 0 Å². The van der Waals surface area contributed by atoms with E-state index < -0.39 is 11.6 Å². The minimum absolute atomic E-state index is 0.0243. The third-order valence-corrected chi connectivity index (χ3v) is 3.36.